The second-order valence-electron chi connectivity index (χ2n) is 4.76. The summed E-state index contributed by atoms with van der Waals surface area (Å²) < 4.78 is 2.55. The summed E-state index contributed by atoms with van der Waals surface area (Å²) in [6.07, 6.45) is 1.66. The maximum Gasteiger partial charge on any atom is 0.330 e. The van der Waals surface area contributed by atoms with E-state index < -0.39 is 0 Å². The lowest BCUT2D eigenvalue weighted by Gasteiger charge is -2.05. The Labute approximate surface area is 114 Å². The molecule has 6 nitrogen and oxygen atoms in total. The Hall–Kier alpha value is -2.76. The summed E-state index contributed by atoms with van der Waals surface area (Å²) in [5.74, 6) is 0. The summed E-state index contributed by atoms with van der Waals surface area (Å²) in [7, 11) is 3.11. The van der Waals surface area contributed by atoms with Gasteiger partial charge in [-0.05, 0) is 12.1 Å². The Balaban J connectivity index is 2.46. The van der Waals surface area contributed by atoms with Gasteiger partial charge in [-0.3, -0.25) is 13.9 Å². The maximum absolute atomic E-state index is 12.3. The quantitative estimate of drug-likeness (QED) is 0.642. The lowest BCUT2D eigenvalue weighted by atomic mass is 10.1. The number of nitrogens with one attached hydrogen (secondary N) is 1. The third-order valence-corrected chi connectivity index (χ3v) is 3.49. The molecule has 0 bridgehead atoms. The van der Waals surface area contributed by atoms with Gasteiger partial charge in [-0.1, -0.05) is 12.1 Å². The third kappa shape index (κ3) is 1.58. The number of anilines is 1. The lowest BCUT2D eigenvalue weighted by Crippen LogP contribution is -2.36. The van der Waals surface area contributed by atoms with Crippen molar-refractivity contribution in [2.75, 3.05) is 5.73 Å². The van der Waals surface area contributed by atoms with Crippen molar-refractivity contribution in [3.05, 3.63) is 51.3 Å². The van der Waals surface area contributed by atoms with Crippen molar-refractivity contribution in [2.45, 2.75) is 0 Å². The molecule has 3 N–H and O–H groups in total. The lowest BCUT2D eigenvalue weighted by molar-refractivity contribution is 0.714. The van der Waals surface area contributed by atoms with E-state index in [-0.39, 0.29) is 11.2 Å². The van der Waals surface area contributed by atoms with E-state index >= 15 is 0 Å². The predicted molar refractivity (Wildman–Crippen MR) is 78.6 cm³/mol. The number of benzene rings is 1. The summed E-state index contributed by atoms with van der Waals surface area (Å²) >= 11 is 0. The van der Waals surface area contributed by atoms with Crippen LogP contribution in [0.2, 0.25) is 0 Å². The number of H-pyrrole nitrogens is 1. The van der Waals surface area contributed by atoms with Gasteiger partial charge in [0.15, 0.2) is 0 Å². The first kappa shape index (κ1) is 12.3. The van der Waals surface area contributed by atoms with E-state index in [4.69, 9.17) is 5.73 Å². The highest BCUT2D eigenvalue weighted by atomic mass is 16.2. The van der Waals surface area contributed by atoms with Crippen LogP contribution >= 0.6 is 0 Å². The predicted octanol–water partition coefficient (Wildman–Crippen LogP) is 0.815. The van der Waals surface area contributed by atoms with E-state index in [0.717, 1.165) is 10.1 Å². The number of rotatable bonds is 1. The first-order valence-corrected chi connectivity index (χ1v) is 6.13. The molecule has 0 fully saturated rings. The number of aromatic nitrogens is 3. The molecule has 20 heavy (non-hydrogen) atoms. The number of hydrogen-bond donors (Lipinski definition) is 2. The van der Waals surface area contributed by atoms with Crippen LogP contribution in [0.15, 0.2) is 40.1 Å². The molecule has 1 aromatic carbocycles. The standard InChI is InChI=1S/C14H14N4O2/c1-17-10-7-16-12(8-4-3-5-9(15)6-8)11(10)13(19)18(2)14(17)20/h3-7,16H,15H2,1-2H3. The van der Waals surface area contributed by atoms with Gasteiger partial charge < -0.3 is 10.7 Å². The third-order valence-electron chi connectivity index (χ3n) is 3.49. The Kier molecular flexibility index (Phi) is 2.53. The average Bonchev–Trinajstić information content (AvgIpc) is 2.87. The molecule has 102 valence electrons. The molecule has 2 aromatic heterocycles. The molecule has 3 rings (SSSR count). The number of aryl methyl sites for hydroxylation is 1. The van der Waals surface area contributed by atoms with Crippen LogP contribution in [0.5, 0.6) is 0 Å². The summed E-state index contributed by atoms with van der Waals surface area (Å²) in [4.78, 5) is 27.3. The molecule has 0 aliphatic rings. The average molecular weight is 270 g/mol. The SMILES string of the molecule is Cn1c(=O)c2c(-c3cccc(N)c3)[nH]cc2n(C)c1=O. The van der Waals surface area contributed by atoms with Crippen LogP contribution in [0.4, 0.5) is 5.69 Å². The van der Waals surface area contributed by atoms with Crippen LogP contribution in [-0.4, -0.2) is 14.1 Å². The van der Waals surface area contributed by atoms with E-state index in [9.17, 15) is 9.59 Å². The molecule has 0 spiro atoms. The molecule has 0 amide bonds. The van der Waals surface area contributed by atoms with Crippen LogP contribution in [0.1, 0.15) is 0 Å². The molecule has 0 atom stereocenters. The highest BCUT2D eigenvalue weighted by Gasteiger charge is 2.15. The van der Waals surface area contributed by atoms with E-state index in [2.05, 4.69) is 4.98 Å². The number of fused-ring (bicyclic) bond motifs is 1. The fourth-order valence-electron chi connectivity index (χ4n) is 2.40. The van der Waals surface area contributed by atoms with Gasteiger partial charge in [-0.2, -0.15) is 0 Å². The summed E-state index contributed by atoms with van der Waals surface area (Å²) in [5.41, 5.74) is 7.80. The zero-order valence-corrected chi connectivity index (χ0v) is 11.2. The molecule has 0 unspecified atom stereocenters. The number of nitrogen functional groups attached to an aromatic ring is 1. The second-order valence-corrected chi connectivity index (χ2v) is 4.76. The Bertz CT molecular complexity index is 930. The van der Waals surface area contributed by atoms with Crippen molar-refractivity contribution in [1.29, 1.82) is 0 Å². The van der Waals surface area contributed by atoms with Gasteiger partial charge >= 0.3 is 5.69 Å². The van der Waals surface area contributed by atoms with Gasteiger partial charge in [-0.15, -0.1) is 0 Å². The van der Waals surface area contributed by atoms with Crippen molar-refractivity contribution < 1.29 is 0 Å². The molecule has 0 aliphatic carbocycles. The van der Waals surface area contributed by atoms with Crippen LogP contribution in [0.3, 0.4) is 0 Å². The number of hydrogen-bond acceptors (Lipinski definition) is 3. The molecule has 2 heterocycles. The highest BCUT2D eigenvalue weighted by molar-refractivity contribution is 5.93. The smallest absolute Gasteiger partial charge is 0.330 e. The number of aromatic amines is 1. The molecule has 0 radical (unpaired) electrons. The molecular weight excluding hydrogens is 256 g/mol. The Morgan fingerprint density at radius 3 is 2.60 bits per heavy atom. The molecule has 3 aromatic rings. The summed E-state index contributed by atoms with van der Waals surface area (Å²) in [6, 6.07) is 7.26. The van der Waals surface area contributed by atoms with Crippen LogP contribution in [0, 0.1) is 0 Å². The van der Waals surface area contributed by atoms with Gasteiger partial charge in [0.05, 0.1) is 16.6 Å². The van der Waals surface area contributed by atoms with Crippen molar-refractivity contribution in [1.82, 2.24) is 14.1 Å². The van der Waals surface area contributed by atoms with Gasteiger partial charge in [0.2, 0.25) is 0 Å². The van der Waals surface area contributed by atoms with Gasteiger partial charge in [0, 0.05) is 31.5 Å². The second kappa shape index (κ2) is 4.12. The molecule has 0 aliphatic heterocycles. The van der Waals surface area contributed by atoms with Gasteiger partial charge in [0.25, 0.3) is 5.56 Å². The van der Waals surface area contributed by atoms with Crippen molar-refractivity contribution in [3.63, 3.8) is 0 Å². The fraction of sp³-hybridized carbons (Fsp3) is 0.143. The minimum atomic E-state index is -0.347. The maximum atomic E-state index is 12.3. The van der Waals surface area contributed by atoms with E-state index in [1.54, 1.807) is 25.4 Å². The topological polar surface area (TPSA) is 85.8 Å². The summed E-state index contributed by atoms with van der Waals surface area (Å²) in [5, 5.41) is 0.486. The zero-order valence-electron chi connectivity index (χ0n) is 11.2. The Morgan fingerprint density at radius 2 is 1.90 bits per heavy atom. The first-order valence-electron chi connectivity index (χ1n) is 6.13. The summed E-state index contributed by atoms with van der Waals surface area (Å²) in [6.45, 7) is 0. The highest BCUT2D eigenvalue weighted by Crippen LogP contribution is 2.25. The van der Waals surface area contributed by atoms with Crippen molar-refractivity contribution in [2.24, 2.45) is 14.1 Å². The molecule has 0 saturated carbocycles. The Morgan fingerprint density at radius 1 is 1.15 bits per heavy atom. The minimum Gasteiger partial charge on any atom is -0.399 e. The molecule has 6 heteroatoms. The van der Waals surface area contributed by atoms with E-state index in [1.807, 2.05) is 12.1 Å². The van der Waals surface area contributed by atoms with E-state index in [1.165, 1.54) is 11.6 Å². The number of nitrogens with zero attached hydrogens (tertiary/aromatic N) is 2. The van der Waals surface area contributed by atoms with Gasteiger partial charge in [-0.25, -0.2) is 4.79 Å². The van der Waals surface area contributed by atoms with Crippen molar-refractivity contribution in [3.8, 4) is 11.3 Å². The minimum absolute atomic E-state index is 0.318. The molecular formula is C14H14N4O2. The van der Waals surface area contributed by atoms with Crippen molar-refractivity contribution >= 4 is 16.6 Å². The zero-order chi connectivity index (χ0) is 14.4. The van der Waals surface area contributed by atoms with Gasteiger partial charge in [0.1, 0.15) is 0 Å². The van der Waals surface area contributed by atoms with Crippen LogP contribution < -0.4 is 17.0 Å². The van der Waals surface area contributed by atoms with Crippen LogP contribution in [0.25, 0.3) is 22.2 Å². The largest absolute Gasteiger partial charge is 0.399 e. The molecule has 0 saturated heterocycles. The fourth-order valence-corrected chi connectivity index (χ4v) is 2.40. The normalized spacial score (nSPS) is 11.1. The first-order chi connectivity index (χ1) is 9.50. The van der Waals surface area contributed by atoms with Crippen LogP contribution in [-0.2, 0) is 14.1 Å². The van der Waals surface area contributed by atoms with E-state index in [0.29, 0.717) is 22.3 Å². The number of nitrogens with two attached hydrogens (primary N) is 1. The monoisotopic (exact) mass is 270 g/mol.